The number of fused-ring (bicyclic) bond motifs is 1. The number of benzene rings is 1. The fourth-order valence-corrected chi connectivity index (χ4v) is 2.57. The van der Waals surface area contributed by atoms with Crippen LogP contribution in [0.2, 0.25) is 0 Å². The van der Waals surface area contributed by atoms with Crippen LogP contribution in [0.3, 0.4) is 0 Å². The summed E-state index contributed by atoms with van der Waals surface area (Å²) in [4.78, 5) is 15.1. The van der Waals surface area contributed by atoms with Gasteiger partial charge in [0.2, 0.25) is 0 Å². The quantitative estimate of drug-likeness (QED) is 0.743. The van der Waals surface area contributed by atoms with Crippen LogP contribution in [-0.2, 0) is 0 Å². The van der Waals surface area contributed by atoms with Crippen molar-refractivity contribution < 1.29 is 0 Å². The lowest BCUT2D eigenvalue weighted by Gasteiger charge is -2.30. The molecule has 5 heteroatoms. The first kappa shape index (κ1) is 11.6. The molecular weight excluding hydrogens is 339 g/mol. The van der Waals surface area contributed by atoms with E-state index < -0.39 is 0 Å². The zero-order valence-electron chi connectivity index (χ0n) is 9.79. The molecule has 0 saturated carbocycles. The minimum atomic E-state index is -0.0914. The summed E-state index contributed by atoms with van der Waals surface area (Å²) in [6.07, 6.45) is 6.95. The van der Waals surface area contributed by atoms with Crippen LogP contribution in [0, 0.1) is 3.57 Å². The molecule has 0 saturated heterocycles. The van der Waals surface area contributed by atoms with Crippen molar-refractivity contribution in [3.05, 3.63) is 51.6 Å². The summed E-state index contributed by atoms with van der Waals surface area (Å²) in [7, 11) is 2.03. The first-order chi connectivity index (χ1) is 8.75. The Kier molecular flexibility index (Phi) is 2.99. The number of anilines is 1. The highest BCUT2D eigenvalue weighted by molar-refractivity contribution is 14.1. The zero-order chi connectivity index (χ0) is 12.5. The fraction of sp³-hybridized carbons (Fsp3) is 0.154. The third kappa shape index (κ3) is 1.98. The molecule has 1 aliphatic rings. The SMILES string of the molecule is CN1c2ccc(I)cc2C=NC1c1cnccn1. The van der Waals surface area contributed by atoms with Gasteiger partial charge in [0.25, 0.3) is 0 Å². The molecule has 0 radical (unpaired) electrons. The average molecular weight is 350 g/mol. The second-order valence-electron chi connectivity index (χ2n) is 4.10. The van der Waals surface area contributed by atoms with Crippen LogP contribution in [0.15, 0.2) is 41.8 Å². The van der Waals surface area contributed by atoms with Gasteiger partial charge in [-0.3, -0.25) is 15.0 Å². The summed E-state index contributed by atoms with van der Waals surface area (Å²) in [5.41, 5.74) is 3.17. The molecule has 1 atom stereocenters. The Morgan fingerprint density at radius 1 is 1.28 bits per heavy atom. The molecule has 1 aromatic carbocycles. The van der Waals surface area contributed by atoms with Crippen molar-refractivity contribution in [2.75, 3.05) is 11.9 Å². The van der Waals surface area contributed by atoms with Crippen LogP contribution in [0.25, 0.3) is 0 Å². The van der Waals surface area contributed by atoms with Gasteiger partial charge in [0.1, 0.15) is 5.69 Å². The maximum absolute atomic E-state index is 4.56. The monoisotopic (exact) mass is 350 g/mol. The molecule has 1 aliphatic heterocycles. The summed E-state index contributed by atoms with van der Waals surface area (Å²) in [6, 6.07) is 6.34. The maximum Gasteiger partial charge on any atom is 0.165 e. The van der Waals surface area contributed by atoms with E-state index in [1.807, 2.05) is 13.3 Å². The summed E-state index contributed by atoms with van der Waals surface area (Å²) in [5.74, 6) is 0. The Labute approximate surface area is 119 Å². The lowest BCUT2D eigenvalue weighted by Crippen LogP contribution is -2.27. The van der Waals surface area contributed by atoms with Crippen molar-refractivity contribution in [3.8, 4) is 0 Å². The predicted octanol–water partition coefficient (Wildman–Crippen LogP) is 2.65. The third-order valence-electron chi connectivity index (χ3n) is 2.94. The third-order valence-corrected chi connectivity index (χ3v) is 3.61. The number of halogens is 1. The topological polar surface area (TPSA) is 41.4 Å². The Balaban J connectivity index is 2.03. The van der Waals surface area contributed by atoms with Crippen molar-refractivity contribution in [2.45, 2.75) is 6.17 Å². The van der Waals surface area contributed by atoms with E-state index in [0.717, 1.165) is 11.3 Å². The van der Waals surface area contributed by atoms with E-state index in [9.17, 15) is 0 Å². The molecule has 4 nitrogen and oxygen atoms in total. The molecule has 1 aromatic heterocycles. The molecule has 2 heterocycles. The molecular formula is C13H11IN4. The summed E-state index contributed by atoms with van der Waals surface area (Å²) < 4.78 is 1.21. The highest BCUT2D eigenvalue weighted by atomic mass is 127. The van der Waals surface area contributed by atoms with Gasteiger partial charge < -0.3 is 4.90 Å². The Morgan fingerprint density at radius 3 is 2.94 bits per heavy atom. The van der Waals surface area contributed by atoms with Gasteiger partial charge in [-0.25, -0.2) is 0 Å². The standard InChI is InChI=1S/C13H11IN4/c1-18-12-3-2-10(14)6-9(12)7-17-13(18)11-8-15-4-5-16-11/h2-8,13H,1H3. The van der Waals surface area contributed by atoms with E-state index in [2.05, 4.69) is 60.7 Å². The largest absolute Gasteiger partial charge is 0.347 e. The van der Waals surface area contributed by atoms with E-state index in [1.54, 1.807) is 18.6 Å². The summed E-state index contributed by atoms with van der Waals surface area (Å²) in [5, 5.41) is 0. The molecule has 0 amide bonds. The van der Waals surface area contributed by atoms with Gasteiger partial charge in [0.15, 0.2) is 6.17 Å². The number of aliphatic imine (C=N–C) groups is 1. The normalized spacial score (nSPS) is 17.7. The molecule has 0 fully saturated rings. The van der Waals surface area contributed by atoms with Crippen molar-refractivity contribution in [1.29, 1.82) is 0 Å². The Bertz CT molecular complexity index is 597. The summed E-state index contributed by atoms with van der Waals surface area (Å²) >= 11 is 2.31. The van der Waals surface area contributed by atoms with E-state index in [1.165, 1.54) is 9.26 Å². The van der Waals surface area contributed by atoms with Crippen molar-refractivity contribution in [2.24, 2.45) is 4.99 Å². The van der Waals surface area contributed by atoms with Crippen molar-refractivity contribution in [1.82, 2.24) is 9.97 Å². The maximum atomic E-state index is 4.56. The molecule has 1 unspecified atom stereocenters. The minimum Gasteiger partial charge on any atom is -0.347 e. The number of hydrogen-bond acceptors (Lipinski definition) is 4. The van der Waals surface area contributed by atoms with Gasteiger partial charge in [0, 0.05) is 40.5 Å². The van der Waals surface area contributed by atoms with Gasteiger partial charge in [0.05, 0.1) is 6.20 Å². The number of nitrogens with zero attached hydrogens (tertiary/aromatic N) is 4. The molecule has 90 valence electrons. The van der Waals surface area contributed by atoms with E-state index >= 15 is 0 Å². The van der Waals surface area contributed by atoms with Gasteiger partial charge in [-0.1, -0.05) is 0 Å². The van der Waals surface area contributed by atoms with Crippen LogP contribution in [0.1, 0.15) is 17.4 Å². The van der Waals surface area contributed by atoms with Crippen molar-refractivity contribution >= 4 is 34.5 Å². The highest BCUT2D eigenvalue weighted by Gasteiger charge is 2.22. The second kappa shape index (κ2) is 4.64. The number of aromatic nitrogens is 2. The Morgan fingerprint density at radius 2 is 2.17 bits per heavy atom. The molecule has 0 N–H and O–H groups in total. The molecule has 3 rings (SSSR count). The first-order valence-electron chi connectivity index (χ1n) is 5.57. The molecule has 2 aromatic rings. The summed E-state index contributed by atoms with van der Waals surface area (Å²) in [6.45, 7) is 0. The zero-order valence-corrected chi connectivity index (χ0v) is 11.9. The van der Waals surface area contributed by atoms with Gasteiger partial charge in [-0.15, -0.1) is 0 Å². The van der Waals surface area contributed by atoms with Gasteiger partial charge in [-0.2, -0.15) is 0 Å². The average Bonchev–Trinajstić information content (AvgIpc) is 2.40. The minimum absolute atomic E-state index is 0.0914. The van der Waals surface area contributed by atoms with E-state index in [-0.39, 0.29) is 6.17 Å². The fourth-order valence-electron chi connectivity index (χ4n) is 2.05. The number of hydrogen-bond donors (Lipinski definition) is 0. The van der Waals surface area contributed by atoms with Crippen LogP contribution in [-0.4, -0.2) is 23.2 Å². The molecule has 0 bridgehead atoms. The van der Waals surface area contributed by atoms with Crippen LogP contribution < -0.4 is 4.90 Å². The van der Waals surface area contributed by atoms with Crippen LogP contribution in [0.4, 0.5) is 5.69 Å². The Hall–Kier alpha value is -1.50. The highest BCUT2D eigenvalue weighted by Crippen LogP contribution is 2.32. The van der Waals surface area contributed by atoms with Gasteiger partial charge in [-0.05, 0) is 40.8 Å². The van der Waals surface area contributed by atoms with Crippen LogP contribution >= 0.6 is 22.6 Å². The van der Waals surface area contributed by atoms with Gasteiger partial charge >= 0.3 is 0 Å². The number of rotatable bonds is 1. The van der Waals surface area contributed by atoms with E-state index in [0.29, 0.717) is 0 Å². The first-order valence-corrected chi connectivity index (χ1v) is 6.65. The predicted molar refractivity (Wildman–Crippen MR) is 79.9 cm³/mol. The van der Waals surface area contributed by atoms with Crippen molar-refractivity contribution in [3.63, 3.8) is 0 Å². The van der Waals surface area contributed by atoms with Crippen LogP contribution in [0.5, 0.6) is 0 Å². The lowest BCUT2D eigenvalue weighted by atomic mass is 10.1. The second-order valence-corrected chi connectivity index (χ2v) is 5.34. The molecule has 0 spiro atoms. The van der Waals surface area contributed by atoms with E-state index in [4.69, 9.17) is 0 Å². The molecule has 0 aliphatic carbocycles. The smallest absolute Gasteiger partial charge is 0.165 e. The lowest BCUT2D eigenvalue weighted by molar-refractivity contribution is 0.675. The molecule has 18 heavy (non-hydrogen) atoms.